The molecule has 1 saturated heterocycles. The fourth-order valence-corrected chi connectivity index (χ4v) is 5.20. The summed E-state index contributed by atoms with van der Waals surface area (Å²) < 4.78 is 34.2. The van der Waals surface area contributed by atoms with E-state index in [2.05, 4.69) is 5.32 Å². The summed E-state index contributed by atoms with van der Waals surface area (Å²) >= 11 is 0. The van der Waals surface area contributed by atoms with Crippen LogP contribution in [0.2, 0.25) is 0 Å². The summed E-state index contributed by atoms with van der Waals surface area (Å²) in [4.78, 5) is 12.7. The van der Waals surface area contributed by atoms with Crippen LogP contribution >= 0.6 is 0 Å². The molecule has 1 atom stereocenters. The molecule has 1 amide bonds. The van der Waals surface area contributed by atoms with Gasteiger partial charge in [-0.25, -0.2) is 8.42 Å². The van der Waals surface area contributed by atoms with Crippen molar-refractivity contribution in [2.45, 2.75) is 30.4 Å². The molecule has 1 aliphatic heterocycles. The van der Waals surface area contributed by atoms with Gasteiger partial charge in [0.25, 0.3) is 15.9 Å². The zero-order chi connectivity index (χ0) is 22.4. The molecule has 1 aliphatic rings. The van der Waals surface area contributed by atoms with Crippen LogP contribution in [0.1, 0.15) is 28.8 Å². The van der Waals surface area contributed by atoms with Crippen LogP contribution in [0.4, 0.5) is 5.69 Å². The van der Waals surface area contributed by atoms with Crippen molar-refractivity contribution in [2.75, 3.05) is 17.5 Å². The van der Waals surface area contributed by atoms with Crippen LogP contribution in [0.15, 0.2) is 89.8 Å². The Morgan fingerprint density at radius 3 is 2.38 bits per heavy atom. The lowest BCUT2D eigenvalue weighted by Gasteiger charge is -2.25. The molecular weight excluding hydrogens is 424 g/mol. The van der Waals surface area contributed by atoms with Gasteiger partial charge in [0, 0.05) is 18.7 Å². The van der Waals surface area contributed by atoms with Crippen LogP contribution in [0.25, 0.3) is 0 Å². The Labute approximate surface area is 188 Å². The maximum atomic E-state index is 13.7. The molecule has 0 radical (unpaired) electrons. The van der Waals surface area contributed by atoms with Gasteiger partial charge in [0.15, 0.2) is 0 Å². The summed E-state index contributed by atoms with van der Waals surface area (Å²) in [5.74, 6) is -0.313. The first-order valence-electron chi connectivity index (χ1n) is 10.7. The summed E-state index contributed by atoms with van der Waals surface area (Å²) in [5.41, 5.74) is 1.73. The van der Waals surface area contributed by atoms with Crippen molar-refractivity contribution >= 4 is 21.6 Å². The molecule has 1 heterocycles. The number of ether oxygens (including phenoxy) is 1. The van der Waals surface area contributed by atoms with Crippen molar-refractivity contribution < 1.29 is 17.9 Å². The van der Waals surface area contributed by atoms with E-state index in [4.69, 9.17) is 4.74 Å². The monoisotopic (exact) mass is 450 g/mol. The van der Waals surface area contributed by atoms with Crippen LogP contribution in [0.5, 0.6) is 0 Å². The number of nitrogens with zero attached hydrogens (tertiary/aromatic N) is 1. The molecule has 3 aromatic carbocycles. The topological polar surface area (TPSA) is 75.7 Å². The van der Waals surface area contributed by atoms with E-state index in [0.717, 1.165) is 18.4 Å². The highest BCUT2D eigenvalue weighted by Gasteiger charge is 2.26. The molecular formula is C25H26N2O4S. The molecule has 0 unspecified atom stereocenters. The van der Waals surface area contributed by atoms with E-state index in [0.29, 0.717) is 24.4 Å². The molecule has 166 valence electrons. The van der Waals surface area contributed by atoms with Gasteiger partial charge in [-0.05, 0) is 48.7 Å². The molecule has 6 nitrogen and oxygen atoms in total. The Morgan fingerprint density at radius 2 is 1.69 bits per heavy atom. The number of benzene rings is 3. The molecule has 0 aromatic heterocycles. The maximum Gasteiger partial charge on any atom is 0.264 e. The first-order chi connectivity index (χ1) is 15.5. The van der Waals surface area contributed by atoms with Crippen LogP contribution in [0, 0.1) is 0 Å². The van der Waals surface area contributed by atoms with Gasteiger partial charge in [0.2, 0.25) is 0 Å². The van der Waals surface area contributed by atoms with Crippen molar-refractivity contribution in [1.82, 2.24) is 5.32 Å². The largest absolute Gasteiger partial charge is 0.376 e. The Morgan fingerprint density at radius 1 is 0.969 bits per heavy atom. The lowest BCUT2D eigenvalue weighted by Crippen LogP contribution is -2.32. The molecule has 3 aromatic rings. The van der Waals surface area contributed by atoms with Crippen LogP contribution in [-0.4, -0.2) is 33.6 Å². The molecule has 0 spiro atoms. The van der Waals surface area contributed by atoms with Crippen LogP contribution in [-0.2, 0) is 21.3 Å². The van der Waals surface area contributed by atoms with E-state index in [-0.39, 0.29) is 23.5 Å². The van der Waals surface area contributed by atoms with Crippen molar-refractivity contribution in [3.63, 3.8) is 0 Å². The van der Waals surface area contributed by atoms with Gasteiger partial charge in [-0.3, -0.25) is 9.10 Å². The number of anilines is 1. The van der Waals surface area contributed by atoms with E-state index >= 15 is 0 Å². The summed E-state index contributed by atoms with van der Waals surface area (Å²) in [6.07, 6.45) is 1.93. The number of nitrogens with one attached hydrogen (secondary N) is 1. The molecule has 0 bridgehead atoms. The molecule has 0 aliphatic carbocycles. The molecule has 0 saturated carbocycles. The number of rotatable bonds is 8. The normalized spacial score (nSPS) is 15.9. The summed E-state index contributed by atoms with van der Waals surface area (Å²) in [5, 5.41) is 2.85. The fourth-order valence-electron chi connectivity index (χ4n) is 3.70. The Bertz CT molecular complexity index is 1140. The Kier molecular flexibility index (Phi) is 6.87. The second kappa shape index (κ2) is 9.97. The first-order valence-corrected chi connectivity index (χ1v) is 12.1. The smallest absolute Gasteiger partial charge is 0.264 e. The van der Waals surface area contributed by atoms with E-state index in [1.807, 2.05) is 36.4 Å². The Balaban J connectivity index is 1.60. The molecule has 1 fully saturated rings. The van der Waals surface area contributed by atoms with Crippen molar-refractivity contribution in [1.29, 1.82) is 0 Å². The van der Waals surface area contributed by atoms with Gasteiger partial charge in [0.1, 0.15) is 0 Å². The summed E-state index contributed by atoms with van der Waals surface area (Å²) in [6, 6.07) is 24.6. The first kappa shape index (κ1) is 22.0. The number of carbonyl (C=O) groups excluding carboxylic acids is 1. The molecule has 4 rings (SSSR count). The van der Waals surface area contributed by atoms with Gasteiger partial charge in [0.05, 0.1) is 23.2 Å². The zero-order valence-electron chi connectivity index (χ0n) is 17.7. The van der Waals surface area contributed by atoms with Gasteiger partial charge >= 0.3 is 0 Å². The third-order valence-corrected chi connectivity index (χ3v) is 7.18. The van der Waals surface area contributed by atoms with Gasteiger partial charge in [-0.1, -0.05) is 54.6 Å². The Hall–Kier alpha value is -3.16. The van der Waals surface area contributed by atoms with Crippen LogP contribution in [0.3, 0.4) is 0 Å². The third kappa shape index (κ3) is 5.18. The highest BCUT2D eigenvalue weighted by molar-refractivity contribution is 7.92. The van der Waals surface area contributed by atoms with E-state index in [1.54, 1.807) is 36.4 Å². The predicted octanol–water partition coefficient (Wildman–Crippen LogP) is 3.99. The van der Waals surface area contributed by atoms with Crippen molar-refractivity contribution in [3.8, 4) is 0 Å². The minimum Gasteiger partial charge on any atom is -0.376 e. The van der Waals surface area contributed by atoms with Crippen LogP contribution < -0.4 is 9.62 Å². The lowest BCUT2D eigenvalue weighted by atomic mass is 10.2. The van der Waals surface area contributed by atoms with Gasteiger partial charge < -0.3 is 10.1 Å². The highest BCUT2D eigenvalue weighted by Crippen LogP contribution is 2.26. The number of para-hydroxylation sites is 1. The SMILES string of the molecule is O=C(NC[C@@H]1CCCO1)c1cccc(S(=O)(=O)N(Cc2ccccc2)c2ccccc2)c1. The number of amides is 1. The zero-order valence-corrected chi connectivity index (χ0v) is 18.5. The van der Waals surface area contributed by atoms with E-state index < -0.39 is 10.0 Å². The number of hydrogen-bond acceptors (Lipinski definition) is 4. The number of carbonyl (C=O) groups is 1. The second-order valence-electron chi connectivity index (χ2n) is 7.71. The quantitative estimate of drug-likeness (QED) is 0.563. The summed E-state index contributed by atoms with van der Waals surface area (Å²) in [6.45, 7) is 1.31. The minimum absolute atomic E-state index is 0.0188. The van der Waals surface area contributed by atoms with Gasteiger partial charge in [-0.15, -0.1) is 0 Å². The van der Waals surface area contributed by atoms with Gasteiger partial charge in [-0.2, -0.15) is 0 Å². The maximum absolute atomic E-state index is 13.7. The summed E-state index contributed by atoms with van der Waals surface area (Å²) in [7, 11) is -3.91. The highest BCUT2D eigenvalue weighted by atomic mass is 32.2. The van der Waals surface area contributed by atoms with E-state index in [9.17, 15) is 13.2 Å². The standard InChI is InChI=1S/C25H26N2O4S/c28-25(26-18-23-14-8-16-31-23)21-11-7-15-24(17-21)32(29,30)27(22-12-5-2-6-13-22)19-20-9-3-1-4-10-20/h1-7,9-13,15,17,23H,8,14,16,18-19H2,(H,26,28)/t23-/m0/s1. The third-order valence-electron chi connectivity index (χ3n) is 5.41. The number of sulfonamides is 1. The molecule has 1 N–H and O–H groups in total. The average Bonchev–Trinajstić information content (AvgIpc) is 3.36. The average molecular weight is 451 g/mol. The fraction of sp³-hybridized carbons (Fsp3) is 0.240. The van der Waals surface area contributed by atoms with Crippen molar-refractivity contribution in [2.24, 2.45) is 0 Å². The van der Waals surface area contributed by atoms with Crippen molar-refractivity contribution in [3.05, 3.63) is 96.1 Å². The minimum atomic E-state index is -3.91. The molecule has 7 heteroatoms. The molecule has 32 heavy (non-hydrogen) atoms. The second-order valence-corrected chi connectivity index (χ2v) is 9.57. The lowest BCUT2D eigenvalue weighted by molar-refractivity contribution is 0.0857. The van der Waals surface area contributed by atoms with E-state index in [1.165, 1.54) is 16.4 Å². The number of hydrogen-bond donors (Lipinski definition) is 1. The predicted molar refractivity (Wildman–Crippen MR) is 124 cm³/mol.